The van der Waals surface area contributed by atoms with Crippen LogP contribution < -0.4 is 15.4 Å². The van der Waals surface area contributed by atoms with Crippen molar-refractivity contribution in [1.29, 1.82) is 0 Å². The fourth-order valence-corrected chi connectivity index (χ4v) is 3.16. The summed E-state index contributed by atoms with van der Waals surface area (Å²) in [6, 6.07) is -0.527. The van der Waals surface area contributed by atoms with E-state index < -0.39 is 16.8 Å². The Bertz CT molecular complexity index is 930. The summed E-state index contributed by atoms with van der Waals surface area (Å²) in [5.41, 5.74) is 0.457. The molecule has 154 valence electrons. The van der Waals surface area contributed by atoms with Gasteiger partial charge in [-0.1, -0.05) is 17.4 Å². The molecule has 2 amide bonds. The van der Waals surface area contributed by atoms with Crippen molar-refractivity contribution in [3.05, 3.63) is 54.4 Å². The maximum Gasteiger partial charge on any atom is 0.325 e. The highest BCUT2D eigenvalue weighted by Crippen LogP contribution is 2.17. The van der Waals surface area contributed by atoms with Crippen molar-refractivity contribution in [1.82, 2.24) is 25.5 Å². The fourth-order valence-electron chi connectivity index (χ4n) is 1.83. The summed E-state index contributed by atoms with van der Waals surface area (Å²) in [5, 5.41) is 12.6. The molecule has 1 aliphatic rings. The van der Waals surface area contributed by atoms with Crippen molar-refractivity contribution in [2.24, 2.45) is 0 Å². The third kappa shape index (κ3) is 8.27. The topological polar surface area (TPSA) is 119 Å². The van der Waals surface area contributed by atoms with Gasteiger partial charge in [-0.3, -0.25) is 14.5 Å². The number of nitrogens with zero attached hydrogens (tertiary/aromatic N) is 4. The van der Waals surface area contributed by atoms with Crippen LogP contribution in [0.15, 0.2) is 58.8 Å². The summed E-state index contributed by atoms with van der Waals surface area (Å²) in [6.07, 6.45) is 12.4. The maximum atomic E-state index is 13.0. The number of carbonyl (C=O) groups is 1. The lowest BCUT2D eigenvalue weighted by molar-refractivity contribution is 0.254. The molecule has 2 heterocycles. The molecule has 2 aromatic heterocycles. The normalized spacial score (nSPS) is 13.8. The molecule has 0 fully saturated rings. The van der Waals surface area contributed by atoms with Gasteiger partial charge in [-0.25, -0.2) is 14.2 Å². The number of ether oxygens (including phenoxy) is 1. The summed E-state index contributed by atoms with van der Waals surface area (Å²) in [5.74, 6) is 0.303. The van der Waals surface area contributed by atoms with Crippen molar-refractivity contribution >= 4 is 33.3 Å². The Morgan fingerprint density at radius 1 is 1.31 bits per heavy atom. The van der Waals surface area contributed by atoms with Crippen molar-refractivity contribution in [2.75, 3.05) is 18.2 Å². The first-order valence-corrected chi connectivity index (χ1v) is 10.7. The largest absolute Gasteiger partial charge is 0.477 e. The van der Waals surface area contributed by atoms with Crippen LogP contribution in [0, 0.1) is 0 Å². The van der Waals surface area contributed by atoms with Gasteiger partial charge in [0.25, 0.3) is 0 Å². The van der Waals surface area contributed by atoms with E-state index in [4.69, 9.17) is 4.74 Å². The lowest BCUT2D eigenvalue weighted by Gasteiger charge is -2.04. The average molecular weight is 439 g/mol. The van der Waals surface area contributed by atoms with Crippen LogP contribution in [0.25, 0.3) is 0 Å². The number of allylic oxidation sites excluding steroid dienone is 5. The first-order chi connectivity index (χ1) is 14.0. The molecule has 0 spiro atoms. The minimum absolute atomic E-state index is 0.200. The zero-order valence-corrected chi connectivity index (χ0v) is 17.3. The number of hydrogen-bond donors (Lipinski definition) is 2. The van der Waals surface area contributed by atoms with Crippen LogP contribution in [0.2, 0.25) is 0 Å². The van der Waals surface area contributed by atoms with Gasteiger partial charge in [0.15, 0.2) is 0 Å². The number of aromatic nitrogens is 4. The minimum Gasteiger partial charge on any atom is -0.477 e. The molecule has 12 heteroatoms. The summed E-state index contributed by atoms with van der Waals surface area (Å²) < 4.78 is 29.5. The van der Waals surface area contributed by atoms with E-state index in [1.54, 1.807) is 30.7 Å². The Hall–Kier alpha value is -2.99. The van der Waals surface area contributed by atoms with Gasteiger partial charge in [0.05, 0.1) is 23.6 Å². The second-order valence-corrected chi connectivity index (χ2v) is 7.76. The van der Waals surface area contributed by atoms with E-state index in [1.807, 2.05) is 6.92 Å². The predicted octanol–water partition coefficient (Wildman–Crippen LogP) is 2.97. The second-order valence-electron chi connectivity index (χ2n) is 5.23. The Morgan fingerprint density at radius 2 is 2.14 bits per heavy atom. The van der Waals surface area contributed by atoms with Crippen LogP contribution in [-0.2, 0) is 10.8 Å². The summed E-state index contributed by atoms with van der Waals surface area (Å²) >= 11 is 1.03. The average Bonchev–Trinajstić information content (AvgIpc) is 3.07. The molecule has 2 aromatic rings. The molecular formula is C17H19FN6O3S2. The lowest BCUT2D eigenvalue weighted by atomic mass is 10.3. The summed E-state index contributed by atoms with van der Waals surface area (Å²) in [6.45, 7) is 2.55. The first kappa shape index (κ1) is 22.3. The van der Waals surface area contributed by atoms with Crippen LogP contribution in [0.5, 0.6) is 5.88 Å². The van der Waals surface area contributed by atoms with Crippen LogP contribution in [0.1, 0.15) is 13.3 Å². The zero-order chi connectivity index (χ0) is 21.1. The lowest BCUT2D eigenvalue weighted by Crippen LogP contribution is -2.27. The van der Waals surface area contributed by atoms with Crippen LogP contribution in [0.4, 0.5) is 14.3 Å². The first-order valence-electron chi connectivity index (χ1n) is 8.34. The highest BCUT2D eigenvalue weighted by molar-refractivity contribution is 7.86. The number of carbonyl (C=O) groups excluding carboxylic acids is 1. The van der Waals surface area contributed by atoms with E-state index in [9.17, 15) is 13.4 Å². The SMILES string of the molecule is CCOc1cnccn1.CS(=O)c1nnc(NC(=O)NC2=CC=C(F)CC=C2)s1. The third-order valence-corrected chi connectivity index (χ3v) is 5.18. The van der Waals surface area contributed by atoms with E-state index >= 15 is 0 Å². The van der Waals surface area contributed by atoms with Gasteiger partial charge in [-0.2, -0.15) is 0 Å². The molecule has 1 atom stereocenters. The molecule has 0 aliphatic heterocycles. The van der Waals surface area contributed by atoms with E-state index in [-0.39, 0.29) is 17.4 Å². The van der Waals surface area contributed by atoms with Gasteiger partial charge in [0, 0.05) is 30.8 Å². The molecule has 1 aliphatic carbocycles. The quantitative estimate of drug-likeness (QED) is 0.689. The number of rotatable bonds is 5. The number of nitrogens with one attached hydrogen (secondary N) is 2. The highest BCUT2D eigenvalue weighted by Gasteiger charge is 2.10. The number of hydrogen-bond acceptors (Lipinski definition) is 8. The Balaban J connectivity index is 0.000000278. The van der Waals surface area contributed by atoms with E-state index in [1.165, 1.54) is 18.4 Å². The molecule has 2 N–H and O–H groups in total. The Labute approximate surface area is 173 Å². The van der Waals surface area contributed by atoms with E-state index in [2.05, 4.69) is 30.8 Å². The fraction of sp³-hybridized carbons (Fsp3) is 0.235. The predicted molar refractivity (Wildman–Crippen MR) is 109 cm³/mol. The molecule has 29 heavy (non-hydrogen) atoms. The highest BCUT2D eigenvalue weighted by atomic mass is 32.2. The van der Waals surface area contributed by atoms with E-state index in [0.717, 1.165) is 11.3 Å². The van der Waals surface area contributed by atoms with Crippen molar-refractivity contribution < 1.29 is 18.1 Å². The van der Waals surface area contributed by atoms with Crippen LogP contribution in [0.3, 0.4) is 0 Å². The zero-order valence-electron chi connectivity index (χ0n) is 15.7. The summed E-state index contributed by atoms with van der Waals surface area (Å²) in [7, 11) is -1.23. The Morgan fingerprint density at radius 3 is 2.79 bits per heavy atom. The van der Waals surface area contributed by atoms with Gasteiger partial charge in [0.2, 0.25) is 15.4 Å². The molecule has 0 bridgehead atoms. The standard InChI is InChI=1S/C11H11FN4O2S2.C6H8N2O/c1-20(18)11-16-15-10(19-11)14-9(17)13-8-4-2-3-7(12)5-6-8;1-2-9-6-5-7-3-4-8-6/h2,4-6H,3H2,1H3,(H2,13,14,15,17);3-5H,2H2,1H3. The van der Waals surface area contributed by atoms with Crippen LogP contribution >= 0.6 is 11.3 Å². The van der Waals surface area contributed by atoms with Crippen LogP contribution in [-0.4, -0.2) is 43.3 Å². The maximum absolute atomic E-state index is 13.0. The number of anilines is 1. The van der Waals surface area contributed by atoms with Gasteiger partial charge in [-0.05, 0) is 25.2 Å². The molecule has 9 nitrogen and oxygen atoms in total. The molecule has 3 rings (SSSR count). The van der Waals surface area contributed by atoms with Gasteiger partial charge >= 0.3 is 6.03 Å². The van der Waals surface area contributed by atoms with Crippen molar-refractivity contribution in [3.8, 4) is 5.88 Å². The molecule has 0 aromatic carbocycles. The number of urea groups is 1. The molecular weight excluding hydrogens is 419 g/mol. The van der Waals surface area contributed by atoms with Gasteiger partial charge in [0.1, 0.15) is 5.83 Å². The van der Waals surface area contributed by atoms with Crippen molar-refractivity contribution in [2.45, 2.75) is 17.7 Å². The van der Waals surface area contributed by atoms with Crippen molar-refractivity contribution in [3.63, 3.8) is 0 Å². The molecule has 1 unspecified atom stereocenters. The monoisotopic (exact) mass is 438 g/mol. The number of amides is 2. The van der Waals surface area contributed by atoms with Gasteiger partial charge < -0.3 is 10.1 Å². The molecule has 0 radical (unpaired) electrons. The second kappa shape index (κ2) is 11.8. The minimum atomic E-state index is -1.23. The molecule has 0 saturated heterocycles. The summed E-state index contributed by atoms with van der Waals surface area (Å²) in [4.78, 5) is 19.4. The van der Waals surface area contributed by atoms with E-state index in [0.29, 0.717) is 22.5 Å². The smallest absolute Gasteiger partial charge is 0.325 e. The third-order valence-electron chi connectivity index (χ3n) is 3.02. The Kier molecular flexibility index (Phi) is 9.05. The molecule has 0 saturated carbocycles. The van der Waals surface area contributed by atoms with Gasteiger partial charge in [-0.15, -0.1) is 10.2 Å². The number of halogens is 1.